The van der Waals surface area contributed by atoms with Gasteiger partial charge in [-0.1, -0.05) is 0 Å². The number of ether oxygens (including phenoxy) is 1. The van der Waals surface area contributed by atoms with Crippen LogP contribution < -0.4 is 5.73 Å². The Morgan fingerprint density at radius 1 is 1.82 bits per heavy atom. The largest absolute Gasteiger partial charge is 0.367 e. The van der Waals surface area contributed by atoms with Crippen molar-refractivity contribution in [3.8, 4) is 0 Å². The van der Waals surface area contributed by atoms with E-state index in [9.17, 15) is 4.79 Å². The van der Waals surface area contributed by atoms with Crippen molar-refractivity contribution < 1.29 is 9.53 Å². The molecular formula is C6H8N2O2S. The van der Waals surface area contributed by atoms with Gasteiger partial charge in [0.25, 0.3) is 0 Å². The fraction of sp³-hybridized carbons (Fsp3) is 0.667. The maximum atomic E-state index is 10.7. The number of hydrogen-bond acceptors (Lipinski definition) is 4. The van der Waals surface area contributed by atoms with Gasteiger partial charge in [-0.3, -0.25) is 4.79 Å². The maximum Gasteiger partial charge on any atom is 0.248 e. The third-order valence-electron chi connectivity index (χ3n) is 1.56. The van der Waals surface area contributed by atoms with Crippen LogP contribution >= 0.6 is 12.2 Å². The Hall–Kier alpha value is -0.770. The molecule has 1 fully saturated rings. The van der Waals surface area contributed by atoms with Crippen molar-refractivity contribution in [3.63, 3.8) is 0 Å². The van der Waals surface area contributed by atoms with Gasteiger partial charge in [-0.25, -0.2) is 4.99 Å². The van der Waals surface area contributed by atoms with Crippen LogP contribution in [-0.4, -0.2) is 29.8 Å². The number of nitrogens with zero attached hydrogens (tertiary/aromatic N) is 1. The monoisotopic (exact) mass is 172 g/mol. The van der Waals surface area contributed by atoms with Crippen LogP contribution in [0.2, 0.25) is 0 Å². The third kappa shape index (κ3) is 1.83. The molecule has 1 aliphatic rings. The summed E-state index contributed by atoms with van der Waals surface area (Å²) in [6.07, 6.45) is 0.0856. The van der Waals surface area contributed by atoms with E-state index in [1.54, 1.807) is 0 Å². The SMILES string of the molecule is NC(=O)[C@@H]1OCC[C@@H]1N=C=S. The molecule has 0 spiro atoms. The normalized spacial score (nSPS) is 29.5. The van der Waals surface area contributed by atoms with Crippen LogP contribution in [0.4, 0.5) is 0 Å². The van der Waals surface area contributed by atoms with E-state index in [0.717, 1.165) is 0 Å². The first kappa shape index (κ1) is 8.33. The lowest BCUT2D eigenvalue weighted by molar-refractivity contribution is -0.127. The van der Waals surface area contributed by atoms with E-state index in [2.05, 4.69) is 22.4 Å². The predicted molar refractivity (Wildman–Crippen MR) is 42.4 cm³/mol. The molecule has 1 heterocycles. The predicted octanol–water partition coefficient (Wildman–Crippen LogP) is -0.268. The highest BCUT2D eigenvalue weighted by molar-refractivity contribution is 7.78. The fourth-order valence-corrected chi connectivity index (χ4v) is 1.19. The van der Waals surface area contributed by atoms with Crippen LogP contribution in [0.1, 0.15) is 6.42 Å². The number of rotatable bonds is 2. The van der Waals surface area contributed by atoms with Crippen molar-refractivity contribution in [1.29, 1.82) is 0 Å². The molecule has 0 bridgehead atoms. The van der Waals surface area contributed by atoms with Gasteiger partial charge >= 0.3 is 0 Å². The highest BCUT2D eigenvalue weighted by Crippen LogP contribution is 2.15. The molecule has 0 aliphatic carbocycles. The summed E-state index contributed by atoms with van der Waals surface area (Å²) in [6, 6.07) is -0.218. The Morgan fingerprint density at radius 3 is 3.09 bits per heavy atom. The van der Waals surface area contributed by atoms with E-state index < -0.39 is 12.0 Å². The molecule has 1 saturated heterocycles. The van der Waals surface area contributed by atoms with Gasteiger partial charge in [0, 0.05) is 6.61 Å². The zero-order chi connectivity index (χ0) is 8.27. The average Bonchev–Trinajstić information content (AvgIpc) is 2.36. The molecule has 11 heavy (non-hydrogen) atoms. The molecule has 60 valence electrons. The van der Waals surface area contributed by atoms with E-state index in [1.165, 1.54) is 0 Å². The van der Waals surface area contributed by atoms with Gasteiger partial charge in [0.05, 0.1) is 11.2 Å². The molecular weight excluding hydrogens is 164 g/mol. The van der Waals surface area contributed by atoms with Crippen molar-refractivity contribution in [2.24, 2.45) is 10.7 Å². The number of aliphatic imine (C=N–C) groups is 1. The zero-order valence-electron chi connectivity index (χ0n) is 5.82. The van der Waals surface area contributed by atoms with E-state index in [4.69, 9.17) is 10.5 Å². The second kappa shape index (κ2) is 3.57. The Balaban J connectivity index is 2.64. The number of hydrogen-bond donors (Lipinski definition) is 1. The molecule has 0 aromatic rings. The molecule has 0 saturated carbocycles. The highest BCUT2D eigenvalue weighted by atomic mass is 32.1. The molecule has 1 rings (SSSR count). The van der Waals surface area contributed by atoms with E-state index in [1.807, 2.05) is 0 Å². The minimum Gasteiger partial charge on any atom is -0.367 e. The van der Waals surface area contributed by atoms with Gasteiger partial charge in [0.1, 0.15) is 0 Å². The van der Waals surface area contributed by atoms with Crippen molar-refractivity contribution in [2.45, 2.75) is 18.6 Å². The molecule has 0 aromatic carbocycles. The van der Waals surface area contributed by atoms with E-state index in [0.29, 0.717) is 13.0 Å². The fourth-order valence-electron chi connectivity index (χ4n) is 1.05. The van der Waals surface area contributed by atoms with Gasteiger partial charge in [-0.2, -0.15) is 0 Å². The Morgan fingerprint density at radius 2 is 2.55 bits per heavy atom. The second-order valence-corrected chi connectivity index (χ2v) is 2.45. The second-order valence-electron chi connectivity index (χ2n) is 2.27. The summed E-state index contributed by atoms with van der Waals surface area (Å²) in [6.45, 7) is 0.513. The maximum absolute atomic E-state index is 10.7. The molecule has 0 unspecified atom stereocenters. The molecule has 2 atom stereocenters. The summed E-state index contributed by atoms with van der Waals surface area (Å²) in [7, 11) is 0. The number of carbonyl (C=O) groups excluding carboxylic acids is 1. The van der Waals surface area contributed by atoms with Gasteiger partial charge in [0.15, 0.2) is 6.10 Å². The Bertz CT molecular complexity index is 205. The van der Waals surface area contributed by atoms with Crippen LogP contribution in [0.15, 0.2) is 4.99 Å². The molecule has 2 N–H and O–H groups in total. The van der Waals surface area contributed by atoms with Crippen molar-refractivity contribution in [1.82, 2.24) is 0 Å². The molecule has 0 radical (unpaired) electrons. The highest BCUT2D eigenvalue weighted by Gasteiger charge is 2.32. The first-order valence-electron chi connectivity index (χ1n) is 3.23. The number of primary amides is 1. The Kier molecular flexibility index (Phi) is 2.70. The summed E-state index contributed by atoms with van der Waals surface area (Å²) < 4.78 is 5.02. The average molecular weight is 172 g/mol. The lowest BCUT2D eigenvalue weighted by Gasteiger charge is -2.07. The van der Waals surface area contributed by atoms with E-state index >= 15 is 0 Å². The number of thiocarbonyl (C=S) groups is 1. The lowest BCUT2D eigenvalue weighted by atomic mass is 10.1. The Labute approximate surface area is 69.4 Å². The lowest BCUT2D eigenvalue weighted by Crippen LogP contribution is -2.35. The molecule has 4 nitrogen and oxygen atoms in total. The van der Waals surface area contributed by atoms with Crippen molar-refractivity contribution in [3.05, 3.63) is 0 Å². The molecule has 0 aromatic heterocycles. The van der Waals surface area contributed by atoms with Crippen LogP contribution in [-0.2, 0) is 9.53 Å². The van der Waals surface area contributed by atoms with Crippen LogP contribution in [0.5, 0.6) is 0 Å². The molecule has 1 amide bonds. The first-order chi connectivity index (χ1) is 5.25. The number of carbonyl (C=O) groups is 1. The summed E-state index contributed by atoms with van der Waals surface area (Å²) in [5.74, 6) is -0.485. The minimum atomic E-state index is -0.606. The van der Waals surface area contributed by atoms with Crippen LogP contribution in [0.3, 0.4) is 0 Å². The standard InChI is InChI=1S/C6H8N2O2S/c7-6(9)5-4(8-3-11)1-2-10-5/h4-5H,1-2H2,(H2,7,9)/t4-,5+/m0/s1. The number of nitrogens with two attached hydrogens (primary N) is 1. The third-order valence-corrected chi connectivity index (χ3v) is 1.66. The number of amides is 1. The molecule has 5 heteroatoms. The van der Waals surface area contributed by atoms with Crippen LogP contribution in [0, 0.1) is 0 Å². The van der Waals surface area contributed by atoms with Gasteiger partial charge in [0.2, 0.25) is 5.91 Å². The quantitative estimate of drug-likeness (QED) is 0.460. The topological polar surface area (TPSA) is 64.7 Å². The summed E-state index contributed by atoms with van der Waals surface area (Å²) in [5, 5.41) is 2.22. The van der Waals surface area contributed by atoms with Crippen molar-refractivity contribution >= 4 is 23.3 Å². The smallest absolute Gasteiger partial charge is 0.248 e. The van der Waals surface area contributed by atoms with E-state index in [-0.39, 0.29) is 6.04 Å². The number of isothiocyanates is 1. The van der Waals surface area contributed by atoms with Gasteiger partial charge in [-0.05, 0) is 18.6 Å². The van der Waals surface area contributed by atoms with Gasteiger partial charge < -0.3 is 10.5 Å². The summed E-state index contributed by atoms with van der Waals surface area (Å²) in [5.41, 5.74) is 5.03. The first-order valence-corrected chi connectivity index (χ1v) is 3.64. The molecule has 1 aliphatic heterocycles. The summed E-state index contributed by atoms with van der Waals surface area (Å²) >= 11 is 4.40. The van der Waals surface area contributed by atoms with Gasteiger partial charge in [-0.15, -0.1) is 0 Å². The van der Waals surface area contributed by atoms with Crippen molar-refractivity contribution in [2.75, 3.05) is 6.61 Å². The summed E-state index contributed by atoms with van der Waals surface area (Å²) in [4.78, 5) is 14.4. The zero-order valence-corrected chi connectivity index (χ0v) is 6.63. The minimum absolute atomic E-state index is 0.218. The van der Waals surface area contributed by atoms with Crippen LogP contribution in [0.25, 0.3) is 0 Å².